The molecule has 0 radical (unpaired) electrons. The summed E-state index contributed by atoms with van der Waals surface area (Å²) in [5.74, 6) is 0. The van der Waals surface area contributed by atoms with Crippen molar-refractivity contribution in [1.82, 2.24) is 0 Å². The van der Waals surface area contributed by atoms with Gasteiger partial charge < -0.3 is 4.74 Å². The van der Waals surface area contributed by atoms with Crippen molar-refractivity contribution in [3.63, 3.8) is 0 Å². The van der Waals surface area contributed by atoms with Crippen LogP contribution in [0.25, 0.3) is 0 Å². The van der Waals surface area contributed by atoms with Crippen molar-refractivity contribution in [3.05, 3.63) is 28.2 Å². The molecule has 0 aliphatic carbocycles. The highest BCUT2D eigenvalue weighted by molar-refractivity contribution is 9.10. The van der Waals surface area contributed by atoms with Gasteiger partial charge in [-0.1, -0.05) is 22.0 Å². The van der Waals surface area contributed by atoms with E-state index in [-0.39, 0.29) is 0 Å². The largest absolute Gasteiger partial charge is 0.444 e. The number of halogens is 1. The molecular weight excluding hydrogens is 320 g/mol. The molecule has 1 aromatic carbocycles. The number of amides is 1. The van der Waals surface area contributed by atoms with E-state index in [1.807, 2.05) is 12.1 Å². The fourth-order valence-electron chi connectivity index (χ4n) is 1.64. The SMILES string of the molecule is CC(C)(C)OC(=O)Nc1cc(Br)ccc1C(C)(C)C#N. The molecule has 0 fully saturated rings. The van der Waals surface area contributed by atoms with Gasteiger partial charge in [0.05, 0.1) is 11.5 Å². The van der Waals surface area contributed by atoms with Gasteiger partial charge >= 0.3 is 6.09 Å². The Kier molecular flexibility index (Phi) is 4.82. The number of ether oxygens (including phenoxy) is 1. The molecule has 0 atom stereocenters. The van der Waals surface area contributed by atoms with Crippen LogP contribution in [0, 0.1) is 11.3 Å². The summed E-state index contributed by atoms with van der Waals surface area (Å²) in [4.78, 5) is 11.9. The summed E-state index contributed by atoms with van der Waals surface area (Å²) in [7, 11) is 0. The quantitative estimate of drug-likeness (QED) is 0.857. The highest BCUT2D eigenvalue weighted by atomic mass is 79.9. The van der Waals surface area contributed by atoms with Gasteiger partial charge in [-0.25, -0.2) is 4.79 Å². The lowest BCUT2D eigenvalue weighted by atomic mass is 9.85. The maximum absolute atomic E-state index is 11.9. The highest BCUT2D eigenvalue weighted by Gasteiger charge is 2.25. The molecule has 1 rings (SSSR count). The van der Waals surface area contributed by atoms with Crippen LogP contribution in [0.5, 0.6) is 0 Å². The lowest BCUT2D eigenvalue weighted by Crippen LogP contribution is -2.28. The number of nitriles is 1. The molecule has 20 heavy (non-hydrogen) atoms. The fourth-order valence-corrected chi connectivity index (χ4v) is 2.00. The molecule has 4 nitrogen and oxygen atoms in total. The lowest BCUT2D eigenvalue weighted by molar-refractivity contribution is 0.0635. The van der Waals surface area contributed by atoms with Gasteiger partial charge in [0.2, 0.25) is 0 Å². The molecule has 1 aromatic rings. The maximum atomic E-state index is 11.9. The van der Waals surface area contributed by atoms with E-state index in [4.69, 9.17) is 4.74 Å². The Labute approximate surface area is 128 Å². The standard InChI is InChI=1S/C15H19BrN2O2/c1-14(2,3)20-13(19)18-12-8-10(16)6-7-11(12)15(4,5)9-17/h6-8H,1-5H3,(H,18,19). The van der Waals surface area contributed by atoms with Gasteiger partial charge in [-0.3, -0.25) is 5.32 Å². The number of nitrogens with zero attached hydrogens (tertiary/aromatic N) is 1. The van der Waals surface area contributed by atoms with Crippen molar-refractivity contribution in [2.45, 2.75) is 45.6 Å². The molecule has 1 amide bonds. The second-order valence-electron chi connectivity index (χ2n) is 6.05. The van der Waals surface area contributed by atoms with Gasteiger partial charge in [0.25, 0.3) is 0 Å². The van der Waals surface area contributed by atoms with E-state index in [0.717, 1.165) is 10.0 Å². The summed E-state index contributed by atoms with van der Waals surface area (Å²) in [5, 5.41) is 12.0. The van der Waals surface area contributed by atoms with Crippen LogP contribution in [0.2, 0.25) is 0 Å². The van der Waals surface area contributed by atoms with Crippen molar-refractivity contribution >= 4 is 27.7 Å². The van der Waals surface area contributed by atoms with Gasteiger partial charge in [0.1, 0.15) is 5.60 Å². The number of hydrogen-bond acceptors (Lipinski definition) is 3. The summed E-state index contributed by atoms with van der Waals surface area (Å²) in [6, 6.07) is 7.66. The average molecular weight is 339 g/mol. The Hall–Kier alpha value is -1.54. The number of rotatable bonds is 2. The van der Waals surface area contributed by atoms with E-state index in [9.17, 15) is 10.1 Å². The average Bonchev–Trinajstić information content (AvgIpc) is 2.25. The Balaban J connectivity index is 3.09. The minimum atomic E-state index is -0.703. The molecule has 0 unspecified atom stereocenters. The third-order valence-electron chi connectivity index (χ3n) is 2.57. The normalized spacial score (nSPS) is 11.7. The van der Waals surface area contributed by atoms with Crippen molar-refractivity contribution in [2.24, 2.45) is 0 Å². The Morgan fingerprint density at radius 2 is 1.90 bits per heavy atom. The lowest BCUT2D eigenvalue weighted by Gasteiger charge is -2.23. The second-order valence-corrected chi connectivity index (χ2v) is 6.97. The predicted molar refractivity (Wildman–Crippen MR) is 82.6 cm³/mol. The number of carbonyl (C=O) groups excluding carboxylic acids is 1. The van der Waals surface area contributed by atoms with Crippen molar-refractivity contribution in [2.75, 3.05) is 5.32 Å². The number of hydrogen-bond donors (Lipinski definition) is 1. The number of carbonyl (C=O) groups is 1. The van der Waals surface area contributed by atoms with Crippen LogP contribution < -0.4 is 5.32 Å². The van der Waals surface area contributed by atoms with E-state index in [1.165, 1.54) is 0 Å². The van der Waals surface area contributed by atoms with Crippen LogP contribution in [0.1, 0.15) is 40.2 Å². The Morgan fingerprint density at radius 1 is 1.30 bits per heavy atom. The van der Waals surface area contributed by atoms with Crippen LogP contribution in [-0.2, 0) is 10.2 Å². The van der Waals surface area contributed by atoms with Crippen LogP contribution >= 0.6 is 15.9 Å². The van der Waals surface area contributed by atoms with Gasteiger partial charge in [-0.15, -0.1) is 0 Å². The van der Waals surface area contributed by atoms with E-state index in [2.05, 4.69) is 27.3 Å². The molecule has 0 aromatic heterocycles. The zero-order chi connectivity index (χ0) is 15.6. The second kappa shape index (κ2) is 5.84. The predicted octanol–water partition coefficient (Wildman–Crippen LogP) is 4.60. The third-order valence-corrected chi connectivity index (χ3v) is 3.06. The molecular formula is C15H19BrN2O2. The third kappa shape index (κ3) is 4.53. The smallest absolute Gasteiger partial charge is 0.412 e. The summed E-state index contributed by atoms with van der Waals surface area (Å²) in [5.41, 5.74) is 0.0423. The molecule has 0 saturated heterocycles. The summed E-state index contributed by atoms with van der Waals surface area (Å²) < 4.78 is 6.05. The van der Waals surface area contributed by atoms with Gasteiger partial charge in [-0.05, 0) is 52.3 Å². The molecule has 0 heterocycles. The summed E-state index contributed by atoms with van der Waals surface area (Å²) in [6.45, 7) is 9.00. The topological polar surface area (TPSA) is 62.1 Å². The number of benzene rings is 1. The van der Waals surface area contributed by atoms with Crippen molar-refractivity contribution in [1.29, 1.82) is 5.26 Å². The Bertz CT molecular complexity index is 554. The van der Waals surface area contributed by atoms with Crippen LogP contribution in [0.4, 0.5) is 10.5 Å². The molecule has 1 N–H and O–H groups in total. The molecule has 0 saturated carbocycles. The van der Waals surface area contributed by atoms with E-state index < -0.39 is 17.1 Å². The summed E-state index contributed by atoms with van der Waals surface area (Å²) >= 11 is 3.36. The van der Waals surface area contributed by atoms with Crippen LogP contribution in [0.15, 0.2) is 22.7 Å². The molecule has 0 aliphatic rings. The Morgan fingerprint density at radius 3 is 2.40 bits per heavy atom. The van der Waals surface area contributed by atoms with Crippen molar-refractivity contribution < 1.29 is 9.53 Å². The first-order chi connectivity index (χ1) is 9.05. The molecule has 0 bridgehead atoms. The van der Waals surface area contributed by atoms with E-state index >= 15 is 0 Å². The highest BCUT2D eigenvalue weighted by Crippen LogP contribution is 2.32. The molecule has 5 heteroatoms. The monoisotopic (exact) mass is 338 g/mol. The maximum Gasteiger partial charge on any atom is 0.412 e. The first-order valence-electron chi connectivity index (χ1n) is 6.26. The number of anilines is 1. The van der Waals surface area contributed by atoms with Crippen LogP contribution in [-0.4, -0.2) is 11.7 Å². The first kappa shape index (κ1) is 16.5. The molecule has 0 spiro atoms. The van der Waals surface area contributed by atoms with Gasteiger partial charge in [0.15, 0.2) is 0 Å². The van der Waals surface area contributed by atoms with Crippen LogP contribution in [0.3, 0.4) is 0 Å². The first-order valence-corrected chi connectivity index (χ1v) is 7.06. The van der Waals surface area contributed by atoms with Gasteiger partial charge in [0, 0.05) is 10.2 Å². The minimum absolute atomic E-state index is 0.536. The van der Waals surface area contributed by atoms with Gasteiger partial charge in [-0.2, -0.15) is 5.26 Å². The van der Waals surface area contributed by atoms with E-state index in [1.54, 1.807) is 40.7 Å². The zero-order valence-electron chi connectivity index (χ0n) is 12.4. The zero-order valence-corrected chi connectivity index (χ0v) is 14.0. The fraction of sp³-hybridized carbons (Fsp3) is 0.467. The molecule has 108 valence electrons. The summed E-state index contributed by atoms with van der Waals surface area (Å²) in [6.07, 6.45) is -0.536. The number of nitrogens with one attached hydrogen (secondary N) is 1. The van der Waals surface area contributed by atoms with E-state index in [0.29, 0.717) is 5.69 Å². The molecule has 0 aliphatic heterocycles. The minimum Gasteiger partial charge on any atom is -0.444 e. The van der Waals surface area contributed by atoms with Crippen molar-refractivity contribution in [3.8, 4) is 6.07 Å².